The summed E-state index contributed by atoms with van der Waals surface area (Å²) in [5.74, 6) is 0.519. The molecule has 3 heteroatoms. The molecule has 0 aromatic carbocycles. The van der Waals surface area contributed by atoms with Gasteiger partial charge in [-0.1, -0.05) is 13.8 Å². The Hall–Kier alpha value is -0.570. The molecule has 64 valence electrons. The van der Waals surface area contributed by atoms with Crippen LogP contribution < -0.4 is 5.73 Å². The topological polar surface area (TPSA) is 52.3 Å². The van der Waals surface area contributed by atoms with Crippen molar-refractivity contribution in [1.29, 1.82) is 0 Å². The highest BCUT2D eigenvalue weighted by Gasteiger charge is 2.59. The maximum atomic E-state index is 11.1. The van der Waals surface area contributed by atoms with Gasteiger partial charge in [-0.05, 0) is 18.3 Å². The van der Waals surface area contributed by atoms with Gasteiger partial charge in [-0.25, -0.2) is 0 Å². The van der Waals surface area contributed by atoms with E-state index in [1.807, 2.05) is 0 Å². The molecule has 3 nitrogen and oxygen atoms in total. The number of ether oxygens (including phenoxy) is 1. The highest BCUT2D eigenvalue weighted by atomic mass is 16.5. The van der Waals surface area contributed by atoms with E-state index in [0.717, 1.165) is 6.42 Å². The maximum Gasteiger partial charge on any atom is 0.326 e. The van der Waals surface area contributed by atoms with Crippen molar-refractivity contribution in [2.24, 2.45) is 17.6 Å². The second-order valence-corrected chi connectivity index (χ2v) is 3.59. The maximum absolute atomic E-state index is 11.1. The molecule has 1 rings (SSSR count). The molecule has 0 aliphatic heterocycles. The minimum atomic E-state index is -0.664. The second-order valence-electron chi connectivity index (χ2n) is 3.59. The summed E-state index contributed by atoms with van der Waals surface area (Å²) in [7, 11) is 1.38. The molecule has 2 N–H and O–H groups in total. The van der Waals surface area contributed by atoms with E-state index in [0.29, 0.717) is 11.8 Å². The molecule has 0 heterocycles. The summed E-state index contributed by atoms with van der Waals surface area (Å²) in [4.78, 5) is 11.1. The van der Waals surface area contributed by atoms with Gasteiger partial charge in [-0.15, -0.1) is 0 Å². The summed E-state index contributed by atoms with van der Waals surface area (Å²) in [5, 5.41) is 0. The van der Waals surface area contributed by atoms with E-state index in [1.54, 1.807) is 0 Å². The molecule has 0 spiro atoms. The van der Waals surface area contributed by atoms with Crippen LogP contribution in [0.2, 0.25) is 0 Å². The van der Waals surface area contributed by atoms with Crippen LogP contribution in [0.3, 0.4) is 0 Å². The molecular weight excluding hydrogens is 142 g/mol. The van der Waals surface area contributed by atoms with Crippen LogP contribution in [0.4, 0.5) is 0 Å². The highest BCUT2D eigenvalue weighted by Crippen LogP contribution is 2.46. The van der Waals surface area contributed by atoms with Gasteiger partial charge < -0.3 is 10.5 Å². The molecule has 0 aromatic rings. The Morgan fingerprint density at radius 2 is 2.27 bits per heavy atom. The van der Waals surface area contributed by atoms with E-state index in [1.165, 1.54) is 7.11 Å². The van der Waals surface area contributed by atoms with Gasteiger partial charge in [0.15, 0.2) is 0 Å². The molecule has 0 bridgehead atoms. The van der Waals surface area contributed by atoms with Gasteiger partial charge in [-0.3, -0.25) is 4.79 Å². The molecule has 1 aliphatic carbocycles. The first kappa shape index (κ1) is 8.53. The Labute approximate surface area is 66.9 Å². The minimum absolute atomic E-state index is 0.267. The van der Waals surface area contributed by atoms with Crippen molar-refractivity contribution in [3.63, 3.8) is 0 Å². The monoisotopic (exact) mass is 157 g/mol. The van der Waals surface area contributed by atoms with E-state index >= 15 is 0 Å². The number of hydrogen-bond acceptors (Lipinski definition) is 3. The third-order valence-corrected chi connectivity index (χ3v) is 2.43. The molecular formula is C8H15NO2. The Bertz CT molecular complexity index is 179. The van der Waals surface area contributed by atoms with E-state index in [9.17, 15) is 4.79 Å². The molecule has 11 heavy (non-hydrogen) atoms. The Morgan fingerprint density at radius 3 is 2.55 bits per heavy atom. The smallest absolute Gasteiger partial charge is 0.326 e. The van der Waals surface area contributed by atoms with Gasteiger partial charge in [-0.2, -0.15) is 0 Å². The lowest BCUT2D eigenvalue weighted by molar-refractivity contribution is -0.143. The van der Waals surface area contributed by atoms with E-state index in [2.05, 4.69) is 18.6 Å². The number of esters is 1. The Kier molecular flexibility index (Phi) is 1.92. The van der Waals surface area contributed by atoms with Crippen molar-refractivity contribution in [1.82, 2.24) is 0 Å². The summed E-state index contributed by atoms with van der Waals surface area (Å²) in [6.07, 6.45) is 0.775. The average molecular weight is 157 g/mol. The van der Waals surface area contributed by atoms with Gasteiger partial charge in [0.05, 0.1) is 7.11 Å². The van der Waals surface area contributed by atoms with Gasteiger partial charge in [0.25, 0.3) is 0 Å². The molecule has 0 unspecified atom stereocenters. The third-order valence-electron chi connectivity index (χ3n) is 2.43. The molecule has 0 saturated heterocycles. The standard InChI is InChI=1S/C8H15NO2/c1-5(2)6-4-8(6,9)7(10)11-3/h5-6H,4,9H2,1-3H3/t6-,8+/m0/s1. The van der Waals surface area contributed by atoms with Crippen molar-refractivity contribution >= 4 is 5.97 Å². The molecule has 0 amide bonds. The fraction of sp³-hybridized carbons (Fsp3) is 0.875. The summed E-state index contributed by atoms with van der Waals surface area (Å²) in [5.41, 5.74) is 5.11. The van der Waals surface area contributed by atoms with Gasteiger partial charge >= 0.3 is 5.97 Å². The quantitative estimate of drug-likeness (QED) is 0.595. The van der Waals surface area contributed by atoms with Crippen molar-refractivity contribution in [3.05, 3.63) is 0 Å². The normalized spacial score (nSPS) is 35.5. The molecule has 1 fully saturated rings. The predicted molar refractivity (Wildman–Crippen MR) is 41.9 cm³/mol. The van der Waals surface area contributed by atoms with Gasteiger partial charge in [0.2, 0.25) is 0 Å². The van der Waals surface area contributed by atoms with Crippen LogP contribution >= 0.6 is 0 Å². The molecule has 1 aliphatic rings. The van der Waals surface area contributed by atoms with Crippen LogP contribution in [-0.2, 0) is 9.53 Å². The first-order valence-corrected chi connectivity index (χ1v) is 3.89. The number of carbonyl (C=O) groups is 1. The zero-order chi connectivity index (χ0) is 8.65. The van der Waals surface area contributed by atoms with Crippen LogP contribution in [0.25, 0.3) is 0 Å². The summed E-state index contributed by atoms with van der Waals surface area (Å²) < 4.78 is 4.59. The number of carbonyl (C=O) groups excluding carboxylic acids is 1. The highest BCUT2D eigenvalue weighted by molar-refractivity contribution is 5.84. The van der Waals surface area contributed by atoms with Crippen LogP contribution in [0.1, 0.15) is 20.3 Å². The Morgan fingerprint density at radius 1 is 1.73 bits per heavy atom. The van der Waals surface area contributed by atoms with Crippen molar-refractivity contribution in [2.45, 2.75) is 25.8 Å². The second kappa shape index (κ2) is 2.48. The number of nitrogens with two attached hydrogens (primary N) is 1. The van der Waals surface area contributed by atoms with E-state index < -0.39 is 5.54 Å². The lowest BCUT2D eigenvalue weighted by Gasteiger charge is -2.10. The molecule has 0 aromatic heterocycles. The zero-order valence-electron chi connectivity index (χ0n) is 7.26. The molecule has 1 saturated carbocycles. The van der Waals surface area contributed by atoms with E-state index in [4.69, 9.17) is 5.73 Å². The molecule has 0 radical (unpaired) electrons. The van der Waals surface area contributed by atoms with Crippen LogP contribution in [0.15, 0.2) is 0 Å². The number of hydrogen-bond donors (Lipinski definition) is 1. The number of rotatable bonds is 2. The first-order valence-electron chi connectivity index (χ1n) is 3.89. The summed E-state index contributed by atoms with van der Waals surface area (Å²) in [6.45, 7) is 4.14. The summed E-state index contributed by atoms with van der Waals surface area (Å²) in [6, 6.07) is 0. The average Bonchev–Trinajstić information content (AvgIpc) is 2.62. The zero-order valence-corrected chi connectivity index (χ0v) is 7.26. The van der Waals surface area contributed by atoms with Gasteiger partial charge in [0, 0.05) is 0 Å². The third kappa shape index (κ3) is 1.25. The molecule has 2 atom stereocenters. The SMILES string of the molecule is COC(=O)[C@@]1(N)C[C@H]1C(C)C. The van der Waals surface area contributed by atoms with Gasteiger partial charge in [0.1, 0.15) is 5.54 Å². The van der Waals surface area contributed by atoms with Crippen molar-refractivity contribution in [3.8, 4) is 0 Å². The minimum Gasteiger partial charge on any atom is -0.468 e. The van der Waals surface area contributed by atoms with Crippen molar-refractivity contribution < 1.29 is 9.53 Å². The fourth-order valence-electron chi connectivity index (χ4n) is 1.56. The van der Waals surface area contributed by atoms with Crippen molar-refractivity contribution in [2.75, 3.05) is 7.11 Å². The Balaban J connectivity index is 2.55. The fourth-order valence-corrected chi connectivity index (χ4v) is 1.56. The number of methoxy groups -OCH3 is 1. The lowest BCUT2D eigenvalue weighted by Crippen LogP contribution is -2.37. The predicted octanol–water partition coefficient (Wildman–Crippen LogP) is 0.533. The van der Waals surface area contributed by atoms with Crippen LogP contribution in [0.5, 0.6) is 0 Å². The van der Waals surface area contributed by atoms with Crippen LogP contribution in [0, 0.1) is 11.8 Å². The van der Waals surface area contributed by atoms with Crippen LogP contribution in [-0.4, -0.2) is 18.6 Å². The summed E-state index contributed by atoms with van der Waals surface area (Å²) >= 11 is 0. The first-order chi connectivity index (χ1) is 5.02. The van der Waals surface area contributed by atoms with E-state index in [-0.39, 0.29) is 5.97 Å². The largest absolute Gasteiger partial charge is 0.468 e. The lowest BCUT2D eigenvalue weighted by atomic mass is 10.0.